The van der Waals surface area contributed by atoms with Gasteiger partial charge in [-0.05, 0) is 24.3 Å². The van der Waals surface area contributed by atoms with Crippen LogP contribution < -0.4 is 27.6 Å². The molecule has 4 rings (SSSR count). The minimum Gasteiger partial charge on any atom is -0.397 e. The van der Waals surface area contributed by atoms with Gasteiger partial charge in [0.25, 0.3) is 0 Å². The first-order valence-corrected chi connectivity index (χ1v) is 10.8. The van der Waals surface area contributed by atoms with Gasteiger partial charge in [-0.2, -0.15) is 0 Å². The van der Waals surface area contributed by atoms with E-state index in [0.717, 1.165) is 37.6 Å². The van der Waals surface area contributed by atoms with Crippen molar-refractivity contribution >= 4 is 22.7 Å². The first-order valence-electron chi connectivity index (χ1n) is 10.8. The van der Waals surface area contributed by atoms with E-state index >= 15 is 0 Å². The van der Waals surface area contributed by atoms with Gasteiger partial charge < -0.3 is 26.3 Å². The average molecular weight is 428 g/mol. The molecule has 0 radical (unpaired) electrons. The van der Waals surface area contributed by atoms with Crippen LogP contribution in [-0.2, 0) is 9.47 Å². The highest BCUT2D eigenvalue weighted by atomic mass is 16.5. The minimum atomic E-state index is -0.202. The fourth-order valence-electron chi connectivity index (χ4n) is 4.23. The molecule has 2 atom stereocenters. The van der Waals surface area contributed by atoms with Crippen LogP contribution in [0, 0.1) is 0 Å². The molecular weight excluding hydrogens is 394 g/mol. The summed E-state index contributed by atoms with van der Waals surface area (Å²) in [7, 11) is 0. The number of hydrazine groups is 1. The van der Waals surface area contributed by atoms with E-state index in [2.05, 4.69) is 15.1 Å². The molecule has 31 heavy (non-hydrogen) atoms. The molecule has 7 N–H and O–H groups in total. The Morgan fingerprint density at radius 3 is 1.94 bits per heavy atom. The van der Waals surface area contributed by atoms with Crippen molar-refractivity contribution in [1.29, 1.82) is 0 Å². The fourth-order valence-corrected chi connectivity index (χ4v) is 4.23. The Labute approximate surface area is 183 Å². The maximum atomic E-state index is 6.81. The predicted octanol–water partition coefficient (Wildman–Crippen LogP) is 0.960. The molecule has 0 saturated carbocycles. The third-order valence-corrected chi connectivity index (χ3v) is 5.91. The molecule has 9 heteroatoms. The number of morpholine rings is 2. The van der Waals surface area contributed by atoms with Crippen LogP contribution in [0.3, 0.4) is 0 Å². The van der Waals surface area contributed by atoms with Gasteiger partial charge in [-0.15, -0.1) is 0 Å². The fraction of sp³-hybridized carbons (Fsp3) is 0.455. The summed E-state index contributed by atoms with van der Waals surface area (Å²) in [6, 6.07) is 15.5. The van der Waals surface area contributed by atoms with E-state index in [0.29, 0.717) is 37.8 Å². The Morgan fingerprint density at radius 1 is 0.774 bits per heavy atom. The maximum Gasteiger partial charge on any atom is 0.131 e. The maximum absolute atomic E-state index is 6.81. The van der Waals surface area contributed by atoms with Gasteiger partial charge in [0.05, 0.1) is 49.2 Å². The van der Waals surface area contributed by atoms with Gasteiger partial charge in [-0.3, -0.25) is 14.8 Å². The third kappa shape index (κ3) is 5.03. The Kier molecular flexibility index (Phi) is 7.10. The second-order valence-electron chi connectivity index (χ2n) is 7.85. The first kappa shape index (κ1) is 21.7. The van der Waals surface area contributed by atoms with E-state index in [9.17, 15) is 0 Å². The van der Waals surface area contributed by atoms with E-state index < -0.39 is 0 Å². The molecule has 2 heterocycles. The SMILES string of the molecule is Nc1ccccc1NC(C(N1CCOCC1)N(N)c1ccccc1N)N1CCOCC1. The van der Waals surface area contributed by atoms with Crippen molar-refractivity contribution < 1.29 is 9.47 Å². The molecule has 2 aliphatic rings. The topological polar surface area (TPSA) is 118 Å². The third-order valence-electron chi connectivity index (χ3n) is 5.91. The van der Waals surface area contributed by atoms with E-state index in [1.807, 2.05) is 48.5 Å². The summed E-state index contributed by atoms with van der Waals surface area (Å²) in [5.41, 5.74) is 15.6. The number of nitrogen functional groups attached to an aromatic ring is 2. The van der Waals surface area contributed by atoms with Crippen LogP contribution in [0.4, 0.5) is 22.7 Å². The average Bonchev–Trinajstić information content (AvgIpc) is 2.81. The lowest BCUT2D eigenvalue weighted by atomic mass is 10.1. The van der Waals surface area contributed by atoms with Crippen LogP contribution in [0.1, 0.15) is 0 Å². The van der Waals surface area contributed by atoms with Crippen molar-refractivity contribution in [3.05, 3.63) is 48.5 Å². The van der Waals surface area contributed by atoms with Crippen LogP contribution in [-0.4, -0.2) is 74.7 Å². The summed E-state index contributed by atoms with van der Waals surface area (Å²) in [5.74, 6) is 6.81. The second-order valence-corrected chi connectivity index (χ2v) is 7.85. The number of hydrogen-bond donors (Lipinski definition) is 4. The summed E-state index contributed by atoms with van der Waals surface area (Å²) < 4.78 is 11.2. The molecule has 168 valence electrons. The number of nitrogens with one attached hydrogen (secondary N) is 1. The number of hydrogen-bond acceptors (Lipinski definition) is 9. The zero-order valence-electron chi connectivity index (χ0n) is 17.8. The molecule has 2 unspecified atom stereocenters. The Morgan fingerprint density at radius 2 is 1.32 bits per heavy atom. The molecule has 9 nitrogen and oxygen atoms in total. The van der Waals surface area contributed by atoms with Gasteiger partial charge >= 0.3 is 0 Å². The number of para-hydroxylation sites is 4. The number of benzene rings is 2. The lowest BCUT2D eigenvalue weighted by Crippen LogP contribution is -2.67. The summed E-state index contributed by atoms with van der Waals surface area (Å²) >= 11 is 0. The Bertz CT molecular complexity index is 840. The normalized spacial score (nSPS) is 20.2. The molecule has 0 aromatic heterocycles. The number of nitrogens with two attached hydrogens (primary N) is 3. The highest BCUT2D eigenvalue weighted by Gasteiger charge is 2.38. The number of rotatable bonds is 7. The largest absolute Gasteiger partial charge is 0.397 e. The van der Waals surface area contributed by atoms with Gasteiger partial charge in [0.1, 0.15) is 12.3 Å². The van der Waals surface area contributed by atoms with Crippen LogP contribution >= 0.6 is 0 Å². The van der Waals surface area contributed by atoms with Gasteiger partial charge in [-0.25, -0.2) is 5.84 Å². The highest BCUT2D eigenvalue weighted by Crippen LogP contribution is 2.28. The van der Waals surface area contributed by atoms with Crippen LogP contribution in [0.15, 0.2) is 48.5 Å². The Balaban J connectivity index is 1.72. The Hall–Kier alpha value is -2.56. The van der Waals surface area contributed by atoms with Crippen molar-refractivity contribution in [2.75, 3.05) is 74.4 Å². The van der Waals surface area contributed by atoms with Crippen molar-refractivity contribution in [2.24, 2.45) is 5.84 Å². The molecule has 2 aromatic carbocycles. The van der Waals surface area contributed by atoms with Crippen LogP contribution in [0.2, 0.25) is 0 Å². The van der Waals surface area contributed by atoms with Gasteiger partial charge in [0.15, 0.2) is 0 Å². The zero-order chi connectivity index (χ0) is 21.6. The summed E-state index contributed by atoms with van der Waals surface area (Å²) in [6.07, 6.45) is -0.345. The first-order chi connectivity index (χ1) is 15.1. The van der Waals surface area contributed by atoms with Crippen molar-refractivity contribution in [3.63, 3.8) is 0 Å². The lowest BCUT2D eigenvalue weighted by Gasteiger charge is -2.48. The number of anilines is 4. The predicted molar refractivity (Wildman–Crippen MR) is 124 cm³/mol. The molecule has 2 saturated heterocycles. The molecular formula is C22H33N7O2. The molecule has 0 amide bonds. The van der Waals surface area contributed by atoms with Gasteiger partial charge in [0, 0.05) is 26.2 Å². The number of nitrogens with zero attached hydrogens (tertiary/aromatic N) is 3. The highest BCUT2D eigenvalue weighted by molar-refractivity contribution is 5.68. The standard InChI is InChI=1S/C22H33N7O2/c23-17-5-1-3-7-19(17)26-21(27-9-13-30-14-10-27)22(28-11-15-31-16-12-28)29(25)20-8-4-2-6-18(20)24/h1-8,21-22,26H,9-16,23-25H2. The monoisotopic (exact) mass is 427 g/mol. The molecule has 2 aliphatic heterocycles. The summed E-state index contributed by atoms with van der Waals surface area (Å²) in [4.78, 5) is 4.72. The molecule has 2 fully saturated rings. The smallest absolute Gasteiger partial charge is 0.131 e. The lowest BCUT2D eigenvalue weighted by molar-refractivity contribution is -0.0296. The van der Waals surface area contributed by atoms with E-state index in [1.165, 1.54) is 0 Å². The number of ether oxygens (including phenoxy) is 2. The molecule has 0 bridgehead atoms. The van der Waals surface area contributed by atoms with E-state index in [-0.39, 0.29) is 12.3 Å². The van der Waals surface area contributed by atoms with Crippen molar-refractivity contribution in [2.45, 2.75) is 12.3 Å². The second kappa shape index (κ2) is 10.2. The zero-order valence-corrected chi connectivity index (χ0v) is 17.8. The van der Waals surface area contributed by atoms with E-state index in [1.54, 1.807) is 5.01 Å². The van der Waals surface area contributed by atoms with Gasteiger partial charge in [0.2, 0.25) is 0 Å². The summed E-state index contributed by atoms with van der Waals surface area (Å²) in [5, 5.41) is 5.47. The minimum absolute atomic E-state index is 0.142. The molecule has 0 aliphatic carbocycles. The van der Waals surface area contributed by atoms with Crippen LogP contribution in [0.5, 0.6) is 0 Å². The quantitative estimate of drug-likeness (QED) is 0.291. The summed E-state index contributed by atoms with van der Waals surface area (Å²) in [6.45, 7) is 5.82. The van der Waals surface area contributed by atoms with Gasteiger partial charge in [-0.1, -0.05) is 24.3 Å². The van der Waals surface area contributed by atoms with Crippen molar-refractivity contribution in [3.8, 4) is 0 Å². The molecule has 0 spiro atoms. The van der Waals surface area contributed by atoms with Crippen LogP contribution in [0.25, 0.3) is 0 Å². The van der Waals surface area contributed by atoms with E-state index in [4.69, 9.17) is 26.8 Å². The molecule has 2 aromatic rings. The van der Waals surface area contributed by atoms with Crippen molar-refractivity contribution in [1.82, 2.24) is 9.80 Å².